The molecule has 0 atom stereocenters. The summed E-state index contributed by atoms with van der Waals surface area (Å²) in [6.45, 7) is 0. The Hall–Kier alpha value is -0.543. The molecule has 0 fully saturated rings. The number of rotatable bonds is 0. The molecule has 0 saturated carbocycles. The molecule has 0 aromatic rings. The van der Waals surface area contributed by atoms with Crippen molar-refractivity contribution in [1.82, 2.24) is 0 Å². The monoisotopic (exact) mass is 593 g/mol. The largest absolute Gasteiger partial charge is 2.00 e. The molecular formula is HgN3O9Tl. The molecule has 14 heavy (non-hydrogen) atoms. The van der Waals surface area contributed by atoms with E-state index in [-0.39, 0.29) is 55.0 Å². The third kappa shape index (κ3) is 4250. The molecule has 12 nitrogen and oxygen atoms in total. The van der Waals surface area contributed by atoms with Crippen molar-refractivity contribution in [3.8, 4) is 0 Å². The normalized spacial score (nSPS) is 5.14. The van der Waals surface area contributed by atoms with Crippen LogP contribution in [0.3, 0.4) is 0 Å². The Labute approximate surface area is 116 Å². The molecule has 0 radical (unpaired) electrons. The minimum Gasteiger partial charge on any atom is -0.356 e. The molecule has 0 rings (SSSR count). The van der Waals surface area contributed by atoms with Gasteiger partial charge in [-0.25, -0.2) is 0 Å². The van der Waals surface area contributed by atoms with Gasteiger partial charge in [-0.05, 0) is 0 Å². The van der Waals surface area contributed by atoms with Crippen LogP contribution in [0.5, 0.6) is 0 Å². The zero-order chi connectivity index (χ0) is 10.7. The minimum absolute atomic E-state index is 0. The molecule has 0 saturated heterocycles. The smallest absolute Gasteiger partial charge is 0.356 e. The average Bonchev–Trinajstić information content (AvgIpc) is 1.54. The number of hydrogen-bond donors (Lipinski definition) is 0. The van der Waals surface area contributed by atoms with Crippen molar-refractivity contribution in [1.29, 1.82) is 0 Å². The summed E-state index contributed by atoms with van der Waals surface area (Å²) in [6, 6.07) is 0. The van der Waals surface area contributed by atoms with Crippen molar-refractivity contribution >= 4 is 27.3 Å². The van der Waals surface area contributed by atoms with Crippen molar-refractivity contribution in [2.45, 2.75) is 0 Å². The van der Waals surface area contributed by atoms with Crippen LogP contribution in [0.1, 0.15) is 0 Å². The number of hydrogen-bond acceptors (Lipinski definition) is 9. The first kappa shape index (κ1) is 29.2. The van der Waals surface area contributed by atoms with E-state index in [4.69, 9.17) is 46.0 Å². The fourth-order valence-corrected chi connectivity index (χ4v) is 0. The van der Waals surface area contributed by atoms with Crippen LogP contribution in [0, 0.1) is 46.0 Å². The Morgan fingerprint density at radius 1 is 0.571 bits per heavy atom. The molecule has 0 aliphatic rings. The molecular weight excluding hydrogens is 591 g/mol. The third-order valence-corrected chi connectivity index (χ3v) is 0. The van der Waals surface area contributed by atoms with Crippen molar-refractivity contribution in [2.24, 2.45) is 0 Å². The van der Waals surface area contributed by atoms with Crippen molar-refractivity contribution in [2.75, 3.05) is 0 Å². The zero-order valence-electron chi connectivity index (χ0n) is 6.30. The van der Waals surface area contributed by atoms with Crippen LogP contribution >= 0.6 is 0 Å². The average molecular weight is 591 g/mol. The van der Waals surface area contributed by atoms with E-state index in [0.717, 1.165) is 0 Å². The summed E-state index contributed by atoms with van der Waals surface area (Å²) in [5, 5.41) is 44.2. The van der Waals surface area contributed by atoms with Gasteiger partial charge < -0.3 is 46.0 Å². The molecule has 0 bridgehead atoms. The maximum atomic E-state index is 8.25. The maximum absolute atomic E-state index is 8.25. The van der Waals surface area contributed by atoms with Gasteiger partial charge >= 0.3 is 55.0 Å². The van der Waals surface area contributed by atoms with Gasteiger partial charge in [-0.15, -0.1) is 0 Å². The van der Waals surface area contributed by atoms with Crippen LogP contribution in [0.2, 0.25) is 0 Å². The van der Waals surface area contributed by atoms with Crippen LogP contribution in [-0.2, 0) is 27.7 Å². The van der Waals surface area contributed by atoms with Gasteiger partial charge in [0.05, 0.1) is 15.3 Å². The summed E-state index contributed by atoms with van der Waals surface area (Å²) in [7, 11) is 0. The van der Waals surface area contributed by atoms with Gasteiger partial charge in [-0.1, -0.05) is 0 Å². The van der Waals surface area contributed by atoms with Crippen LogP contribution < -0.4 is 0 Å². The molecule has 0 aromatic heterocycles. The summed E-state index contributed by atoms with van der Waals surface area (Å²) in [4.78, 5) is 24.8. The molecule has 0 heterocycles. The molecule has 0 unspecified atom stereocenters. The standard InChI is InChI=1S/Hg.3NO3.Tl/c;3*2-1(3)4;/q+2;3*-1;+1. The van der Waals surface area contributed by atoms with Gasteiger partial charge in [-0.2, -0.15) is 0 Å². The molecule has 0 aliphatic heterocycles. The van der Waals surface area contributed by atoms with E-state index in [1.54, 1.807) is 0 Å². The van der Waals surface area contributed by atoms with Crippen LogP contribution in [0.25, 0.3) is 0 Å². The Balaban J connectivity index is -0.0000000270. The van der Waals surface area contributed by atoms with Gasteiger partial charge in [0.15, 0.2) is 0 Å². The van der Waals surface area contributed by atoms with E-state index in [1.165, 1.54) is 0 Å². The molecule has 0 N–H and O–H groups in total. The first-order chi connectivity index (χ1) is 5.20. The summed E-state index contributed by atoms with van der Waals surface area (Å²) in [6.07, 6.45) is 0. The Bertz CT molecular complexity index is 118. The fourth-order valence-electron chi connectivity index (χ4n) is 0. The fraction of sp³-hybridized carbons (Fsp3) is 0. The van der Waals surface area contributed by atoms with E-state index in [1.807, 2.05) is 0 Å². The van der Waals surface area contributed by atoms with Gasteiger partial charge in [0.1, 0.15) is 0 Å². The van der Waals surface area contributed by atoms with E-state index >= 15 is 0 Å². The van der Waals surface area contributed by atoms with Crippen molar-refractivity contribution in [3.63, 3.8) is 0 Å². The van der Waals surface area contributed by atoms with Crippen LogP contribution in [0.4, 0.5) is 0 Å². The number of nitrogens with zero attached hydrogens (tertiary/aromatic N) is 3. The first-order valence-corrected chi connectivity index (χ1v) is 1.64. The first-order valence-electron chi connectivity index (χ1n) is 1.64. The maximum Gasteiger partial charge on any atom is 2.00 e. The molecule has 0 spiro atoms. The predicted octanol–water partition coefficient (Wildman–Crippen LogP) is -1.10. The van der Waals surface area contributed by atoms with E-state index < -0.39 is 15.3 Å². The van der Waals surface area contributed by atoms with E-state index in [9.17, 15) is 0 Å². The van der Waals surface area contributed by atoms with Gasteiger partial charge in [0, 0.05) is 0 Å². The quantitative estimate of drug-likeness (QED) is 0.191. The molecule has 74 valence electrons. The molecule has 14 heteroatoms. The van der Waals surface area contributed by atoms with Crippen LogP contribution in [-0.4, -0.2) is 42.6 Å². The molecule has 0 aromatic carbocycles. The molecule has 0 aliphatic carbocycles. The van der Waals surface area contributed by atoms with Gasteiger partial charge in [0.25, 0.3) is 0 Å². The predicted molar refractivity (Wildman–Crippen MR) is 36.8 cm³/mol. The Morgan fingerprint density at radius 2 is 0.571 bits per heavy atom. The second-order valence-corrected chi connectivity index (χ2v) is 0.671. The zero-order valence-corrected chi connectivity index (χ0v) is 16.3. The van der Waals surface area contributed by atoms with E-state index in [2.05, 4.69) is 0 Å². The van der Waals surface area contributed by atoms with Crippen molar-refractivity contribution in [3.05, 3.63) is 46.0 Å². The third-order valence-electron chi connectivity index (χ3n) is 0. The summed E-state index contributed by atoms with van der Waals surface area (Å²) in [5.74, 6) is 0. The van der Waals surface area contributed by atoms with Gasteiger partial charge in [0.2, 0.25) is 0 Å². The topological polar surface area (TPSA) is 199 Å². The summed E-state index contributed by atoms with van der Waals surface area (Å²) in [5.41, 5.74) is 0. The second-order valence-electron chi connectivity index (χ2n) is 0.671. The summed E-state index contributed by atoms with van der Waals surface area (Å²) >= 11 is 0. The SMILES string of the molecule is O=[N+]([O-])[O-].O=[N+]([O-])[O-].O=[N+]([O-])[O-].[Hg+2].[Tl+]. The Morgan fingerprint density at radius 3 is 0.571 bits per heavy atom. The second kappa shape index (κ2) is 22.9. The minimum atomic E-state index is -1.75. The van der Waals surface area contributed by atoms with Crippen LogP contribution in [0.15, 0.2) is 0 Å². The summed E-state index contributed by atoms with van der Waals surface area (Å²) < 4.78 is 0. The van der Waals surface area contributed by atoms with Gasteiger partial charge in [-0.3, -0.25) is 0 Å². The van der Waals surface area contributed by atoms with E-state index in [0.29, 0.717) is 0 Å². The van der Waals surface area contributed by atoms with Crippen molar-refractivity contribution < 1.29 is 42.9 Å². The molecule has 0 amide bonds. The Kier molecular flexibility index (Phi) is 47.7.